The first kappa shape index (κ1) is 19.1. The number of benzene rings is 2. The predicted molar refractivity (Wildman–Crippen MR) is 110 cm³/mol. The van der Waals surface area contributed by atoms with Gasteiger partial charge in [0.05, 0.1) is 11.8 Å². The Hall–Kier alpha value is -2.69. The number of carbonyl (C=O) groups is 1. The molecule has 0 atom stereocenters. The van der Waals surface area contributed by atoms with Gasteiger partial charge in [-0.1, -0.05) is 42.5 Å². The first-order chi connectivity index (χ1) is 13.1. The fraction of sp³-hybridized carbons (Fsp3) is 0.409. The van der Waals surface area contributed by atoms with Crippen molar-refractivity contribution in [3.63, 3.8) is 0 Å². The van der Waals surface area contributed by atoms with Gasteiger partial charge >= 0.3 is 6.03 Å². The van der Waals surface area contributed by atoms with Crippen LogP contribution < -0.4 is 15.0 Å². The molecule has 0 unspecified atom stereocenters. The predicted octanol–water partition coefficient (Wildman–Crippen LogP) is 3.55. The summed E-state index contributed by atoms with van der Waals surface area (Å²) >= 11 is 0. The molecule has 2 aromatic rings. The summed E-state index contributed by atoms with van der Waals surface area (Å²) in [6.45, 7) is 7.78. The summed E-state index contributed by atoms with van der Waals surface area (Å²) in [5.41, 5.74) is 2.35. The lowest BCUT2D eigenvalue weighted by atomic mass is 10.1. The Morgan fingerprint density at radius 2 is 1.67 bits per heavy atom. The van der Waals surface area contributed by atoms with Crippen molar-refractivity contribution >= 4 is 11.7 Å². The van der Waals surface area contributed by atoms with E-state index in [9.17, 15) is 4.79 Å². The minimum absolute atomic E-state index is 0.0253. The molecule has 1 aliphatic heterocycles. The van der Waals surface area contributed by atoms with Gasteiger partial charge < -0.3 is 19.9 Å². The molecule has 2 aromatic carbocycles. The number of anilines is 1. The van der Waals surface area contributed by atoms with Gasteiger partial charge in [-0.25, -0.2) is 4.79 Å². The largest absolute Gasteiger partial charge is 0.489 e. The third kappa shape index (κ3) is 5.39. The van der Waals surface area contributed by atoms with Crippen molar-refractivity contribution in [1.82, 2.24) is 10.2 Å². The van der Waals surface area contributed by atoms with Crippen molar-refractivity contribution < 1.29 is 9.53 Å². The number of hydrogen-bond donors (Lipinski definition) is 1. The number of carbonyl (C=O) groups excluding carboxylic acids is 1. The zero-order valence-electron chi connectivity index (χ0n) is 16.2. The highest BCUT2D eigenvalue weighted by Gasteiger charge is 2.22. The lowest BCUT2D eigenvalue weighted by Gasteiger charge is -2.36. The molecular weight excluding hydrogens is 338 g/mol. The minimum Gasteiger partial charge on any atom is -0.489 e. The van der Waals surface area contributed by atoms with Crippen molar-refractivity contribution in [2.24, 2.45) is 0 Å². The van der Waals surface area contributed by atoms with Gasteiger partial charge in [0.1, 0.15) is 5.75 Å². The maximum Gasteiger partial charge on any atom is 0.317 e. The van der Waals surface area contributed by atoms with E-state index in [0.717, 1.165) is 30.9 Å². The molecule has 0 radical (unpaired) electrons. The number of ether oxygens (including phenoxy) is 1. The molecule has 27 heavy (non-hydrogen) atoms. The molecule has 1 fully saturated rings. The molecule has 144 valence electrons. The van der Waals surface area contributed by atoms with Crippen LogP contribution >= 0.6 is 0 Å². The Morgan fingerprint density at radius 1 is 1.00 bits per heavy atom. The Labute approximate surface area is 161 Å². The first-order valence-electron chi connectivity index (χ1n) is 9.71. The second-order valence-corrected chi connectivity index (χ2v) is 7.08. The maximum atomic E-state index is 12.4. The Morgan fingerprint density at radius 3 is 2.37 bits per heavy atom. The van der Waals surface area contributed by atoms with E-state index >= 15 is 0 Å². The van der Waals surface area contributed by atoms with Crippen LogP contribution in [0, 0.1) is 0 Å². The van der Waals surface area contributed by atoms with Gasteiger partial charge in [-0.2, -0.15) is 0 Å². The van der Waals surface area contributed by atoms with Gasteiger partial charge in [0.2, 0.25) is 0 Å². The van der Waals surface area contributed by atoms with E-state index in [1.807, 2.05) is 55.1 Å². The van der Waals surface area contributed by atoms with Crippen molar-refractivity contribution in [1.29, 1.82) is 0 Å². The van der Waals surface area contributed by atoms with Crippen molar-refractivity contribution in [3.05, 3.63) is 60.2 Å². The maximum absolute atomic E-state index is 12.4. The van der Waals surface area contributed by atoms with Crippen LogP contribution in [0.3, 0.4) is 0 Å². The molecule has 3 rings (SSSR count). The molecule has 5 nitrogen and oxygen atoms in total. The van der Waals surface area contributed by atoms with Gasteiger partial charge in [0.25, 0.3) is 0 Å². The van der Waals surface area contributed by atoms with E-state index in [1.54, 1.807) is 0 Å². The van der Waals surface area contributed by atoms with Gasteiger partial charge in [0, 0.05) is 32.7 Å². The van der Waals surface area contributed by atoms with Crippen LogP contribution in [0.4, 0.5) is 10.5 Å². The summed E-state index contributed by atoms with van der Waals surface area (Å²) in [6, 6.07) is 18.4. The molecule has 0 saturated carbocycles. The Bertz CT molecular complexity index is 725. The van der Waals surface area contributed by atoms with E-state index in [1.165, 1.54) is 5.56 Å². The third-order valence-corrected chi connectivity index (χ3v) is 4.67. The first-order valence-corrected chi connectivity index (χ1v) is 9.71. The molecule has 0 spiro atoms. The Kier molecular flexibility index (Phi) is 6.58. The second-order valence-electron chi connectivity index (χ2n) is 7.08. The summed E-state index contributed by atoms with van der Waals surface area (Å²) in [5, 5.41) is 3.04. The van der Waals surface area contributed by atoms with Crippen LogP contribution in [-0.2, 0) is 6.42 Å². The molecule has 1 heterocycles. The van der Waals surface area contributed by atoms with E-state index in [0.29, 0.717) is 19.6 Å². The van der Waals surface area contributed by atoms with Gasteiger partial charge in [-0.3, -0.25) is 0 Å². The van der Waals surface area contributed by atoms with E-state index in [4.69, 9.17) is 4.74 Å². The quantitative estimate of drug-likeness (QED) is 0.849. The van der Waals surface area contributed by atoms with Gasteiger partial charge in [0.15, 0.2) is 0 Å². The van der Waals surface area contributed by atoms with E-state index < -0.39 is 0 Å². The number of para-hydroxylation sites is 2. The number of hydrogen-bond acceptors (Lipinski definition) is 3. The highest BCUT2D eigenvalue weighted by molar-refractivity contribution is 5.74. The van der Waals surface area contributed by atoms with Crippen molar-refractivity contribution in [2.75, 3.05) is 37.6 Å². The number of piperazine rings is 1. The van der Waals surface area contributed by atoms with Gasteiger partial charge in [-0.15, -0.1) is 0 Å². The van der Waals surface area contributed by atoms with Crippen LogP contribution in [0.1, 0.15) is 19.4 Å². The summed E-state index contributed by atoms with van der Waals surface area (Å²) in [4.78, 5) is 16.6. The Balaban J connectivity index is 1.48. The average molecular weight is 367 g/mol. The van der Waals surface area contributed by atoms with Crippen LogP contribution in [0.15, 0.2) is 54.6 Å². The SMILES string of the molecule is CC(C)Oc1ccccc1N1CCN(C(=O)NCCc2ccccc2)CC1. The lowest BCUT2D eigenvalue weighted by Crippen LogP contribution is -2.52. The highest BCUT2D eigenvalue weighted by atomic mass is 16.5. The van der Waals surface area contributed by atoms with Crippen LogP contribution in [0.2, 0.25) is 0 Å². The van der Waals surface area contributed by atoms with Crippen molar-refractivity contribution in [2.45, 2.75) is 26.4 Å². The van der Waals surface area contributed by atoms with Crippen LogP contribution in [-0.4, -0.2) is 49.8 Å². The molecule has 0 aromatic heterocycles. The standard InChI is InChI=1S/C22H29N3O2/c1-18(2)27-21-11-7-6-10-20(21)24-14-16-25(17-15-24)22(26)23-13-12-19-8-4-3-5-9-19/h3-11,18H,12-17H2,1-2H3,(H,23,26). The van der Waals surface area contributed by atoms with Crippen LogP contribution in [0.5, 0.6) is 5.75 Å². The number of urea groups is 1. The average Bonchev–Trinajstić information content (AvgIpc) is 2.69. The van der Waals surface area contributed by atoms with E-state index in [2.05, 4.69) is 28.4 Å². The normalized spacial score (nSPS) is 14.3. The number of nitrogens with zero attached hydrogens (tertiary/aromatic N) is 2. The number of rotatable bonds is 6. The minimum atomic E-state index is 0.0253. The summed E-state index contributed by atoms with van der Waals surface area (Å²) in [7, 11) is 0. The number of amides is 2. The molecule has 1 saturated heterocycles. The molecule has 0 bridgehead atoms. The van der Waals surface area contributed by atoms with Crippen molar-refractivity contribution in [3.8, 4) is 5.75 Å². The van der Waals surface area contributed by atoms with Gasteiger partial charge in [-0.05, 0) is 38.0 Å². The third-order valence-electron chi connectivity index (χ3n) is 4.67. The molecule has 2 amide bonds. The molecule has 0 aliphatic carbocycles. The van der Waals surface area contributed by atoms with E-state index in [-0.39, 0.29) is 12.1 Å². The monoisotopic (exact) mass is 367 g/mol. The molecule has 1 N–H and O–H groups in total. The molecular formula is C22H29N3O2. The summed E-state index contributed by atoms with van der Waals surface area (Å²) < 4.78 is 5.93. The molecule has 5 heteroatoms. The zero-order chi connectivity index (χ0) is 19.1. The molecule has 1 aliphatic rings. The zero-order valence-corrected chi connectivity index (χ0v) is 16.2. The highest BCUT2D eigenvalue weighted by Crippen LogP contribution is 2.29. The fourth-order valence-corrected chi connectivity index (χ4v) is 3.29. The number of nitrogens with one attached hydrogen (secondary N) is 1. The van der Waals surface area contributed by atoms with Crippen LogP contribution in [0.25, 0.3) is 0 Å². The second kappa shape index (κ2) is 9.31. The lowest BCUT2D eigenvalue weighted by molar-refractivity contribution is 0.194. The fourth-order valence-electron chi connectivity index (χ4n) is 3.29. The smallest absolute Gasteiger partial charge is 0.317 e. The summed E-state index contributed by atoms with van der Waals surface area (Å²) in [5.74, 6) is 0.910. The summed E-state index contributed by atoms with van der Waals surface area (Å²) in [6.07, 6.45) is 0.995. The topological polar surface area (TPSA) is 44.8 Å².